The molecule has 1 unspecified atom stereocenters. The van der Waals surface area contributed by atoms with Gasteiger partial charge in [-0.25, -0.2) is 8.78 Å². The first-order valence-corrected chi connectivity index (χ1v) is 6.63. The molecule has 0 bridgehead atoms. The molecule has 1 aromatic carbocycles. The van der Waals surface area contributed by atoms with Gasteiger partial charge in [-0.1, -0.05) is 38.8 Å². The van der Waals surface area contributed by atoms with Gasteiger partial charge in [0.25, 0.3) is 0 Å². The van der Waals surface area contributed by atoms with Crippen LogP contribution in [0.15, 0.2) is 18.2 Å². The molecule has 0 saturated heterocycles. The van der Waals surface area contributed by atoms with Gasteiger partial charge in [-0.05, 0) is 30.9 Å². The van der Waals surface area contributed by atoms with E-state index in [2.05, 4.69) is 0 Å². The maximum atomic E-state index is 13.7. The van der Waals surface area contributed by atoms with Gasteiger partial charge >= 0.3 is 5.97 Å². The van der Waals surface area contributed by atoms with Crippen molar-refractivity contribution in [2.24, 2.45) is 5.41 Å². The van der Waals surface area contributed by atoms with E-state index in [0.717, 1.165) is 18.9 Å². The Morgan fingerprint density at radius 3 is 2.53 bits per heavy atom. The molecule has 0 aromatic heterocycles. The third-order valence-electron chi connectivity index (χ3n) is 3.70. The highest BCUT2D eigenvalue weighted by molar-refractivity contribution is 5.75. The predicted molar refractivity (Wildman–Crippen MR) is 69.9 cm³/mol. The highest BCUT2D eigenvalue weighted by Crippen LogP contribution is 2.34. The van der Waals surface area contributed by atoms with Crippen LogP contribution in [0.2, 0.25) is 0 Å². The lowest BCUT2D eigenvalue weighted by Gasteiger charge is -2.28. The van der Waals surface area contributed by atoms with Crippen molar-refractivity contribution in [2.75, 3.05) is 0 Å². The summed E-state index contributed by atoms with van der Waals surface area (Å²) in [6.45, 7) is 3.76. The zero-order valence-electron chi connectivity index (χ0n) is 11.4. The van der Waals surface area contributed by atoms with Gasteiger partial charge in [0.2, 0.25) is 0 Å². The molecule has 0 spiro atoms. The molecule has 4 heteroatoms. The summed E-state index contributed by atoms with van der Waals surface area (Å²) in [5.41, 5.74) is -0.870. The van der Waals surface area contributed by atoms with E-state index < -0.39 is 23.0 Å². The second-order valence-corrected chi connectivity index (χ2v) is 4.93. The largest absolute Gasteiger partial charge is 0.481 e. The average Bonchev–Trinajstić information content (AvgIpc) is 2.39. The second kappa shape index (κ2) is 6.64. The number of benzene rings is 1. The zero-order chi connectivity index (χ0) is 14.5. The Balaban J connectivity index is 3.06. The third kappa shape index (κ3) is 3.52. The van der Waals surface area contributed by atoms with Crippen LogP contribution in [0.1, 0.15) is 45.1 Å². The summed E-state index contributed by atoms with van der Waals surface area (Å²) < 4.78 is 26.9. The molecule has 1 atom stereocenters. The molecule has 1 aromatic rings. The minimum Gasteiger partial charge on any atom is -0.481 e. The normalized spacial score (nSPS) is 14.1. The molecule has 0 amide bonds. The van der Waals surface area contributed by atoms with Crippen LogP contribution in [-0.2, 0) is 11.2 Å². The summed E-state index contributed by atoms with van der Waals surface area (Å²) in [6, 6.07) is 3.91. The number of carboxylic acids is 1. The van der Waals surface area contributed by atoms with E-state index in [1.807, 2.05) is 6.92 Å². The van der Waals surface area contributed by atoms with Crippen molar-refractivity contribution in [3.63, 3.8) is 0 Å². The van der Waals surface area contributed by atoms with Crippen LogP contribution < -0.4 is 0 Å². The number of unbranched alkanes of at least 4 members (excludes halogenated alkanes) is 1. The van der Waals surface area contributed by atoms with Crippen LogP contribution in [0, 0.1) is 17.0 Å². The summed E-state index contributed by atoms with van der Waals surface area (Å²) >= 11 is 0. The molecule has 0 aliphatic carbocycles. The molecule has 0 radical (unpaired) electrons. The van der Waals surface area contributed by atoms with Crippen LogP contribution in [0.25, 0.3) is 0 Å². The van der Waals surface area contributed by atoms with E-state index in [9.17, 15) is 18.7 Å². The standard InChI is InChI=1S/C15H20F2O2/c1-3-5-9-15(4-2,14(18)19)10-11-7-6-8-12(16)13(11)17/h6-8H,3-5,9-10H2,1-2H3,(H,18,19). The molecular weight excluding hydrogens is 250 g/mol. The van der Waals surface area contributed by atoms with Crippen LogP contribution in [0.5, 0.6) is 0 Å². The van der Waals surface area contributed by atoms with Crippen molar-refractivity contribution in [1.82, 2.24) is 0 Å². The lowest BCUT2D eigenvalue weighted by molar-refractivity contribution is -0.149. The molecule has 0 heterocycles. The Bertz CT molecular complexity index is 446. The van der Waals surface area contributed by atoms with Crippen molar-refractivity contribution in [3.05, 3.63) is 35.4 Å². The summed E-state index contributed by atoms with van der Waals surface area (Å²) in [5, 5.41) is 9.46. The number of halogens is 2. The highest BCUT2D eigenvalue weighted by atomic mass is 19.2. The highest BCUT2D eigenvalue weighted by Gasteiger charge is 2.37. The molecule has 19 heavy (non-hydrogen) atoms. The van der Waals surface area contributed by atoms with Crippen LogP contribution in [0.3, 0.4) is 0 Å². The van der Waals surface area contributed by atoms with Gasteiger partial charge in [0.05, 0.1) is 5.41 Å². The van der Waals surface area contributed by atoms with Crippen molar-refractivity contribution in [3.8, 4) is 0 Å². The van der Waals surface area contributed by atoms with Gasteiger partial charge < -0.3 is 5.11 Å². The first-order chi connectivity index (χ1) is 8.96. The Kier molecular flexibility index (Phi) is 5.45. The van der Waals surface area contributed by atoms with E-state index in [1.54, 1.807) is 6.92 Å². The van der Waals surface area contributed by atoms with Crippen molar-refractivity contribution in [2.45, 2.75) is 46.0 Å². The van der Waals surface area contributed by atoms with Crippen molar-refractivity contribution in [1.29, 1.82) is 0 Å². The Morgan fingerprint density at radius 1 is 1.32 bits per heavy atom. The first-order valence-electron chi connectivity index (χ1n) is 6.63. The van der Waals surface area contributed by atoms with Gasteiger partial charge in [0, 0.05) is 0 Å². The minimum absolute atomic E-state index is 0.0302. The molecule has 0 saturated carbocycles. The van der Waals surface area contributed by atoms with Crippen LogP contribution in [0.4, 0.5) is 8.78 Å². The van der Waals surface area contributed by atoms with Gasteiger partial charge in [-0.3, -0.25) is 4.79 Å². The lowest BCUT2D eigenvalue weighted by Crippen LogP contribution is -2.33. The van der Waals surface area contributed by atoms with E-state index in [-0.39, 0.29) is 12.0 Å². The first kappa shape index (κ1) is 15.6. The zero-order valence-corrected chi connectivity index (χ0v) is 11.4. The summed E-state index contributed by atoms with van der Waals surface area (Å²) in [5.74, 6) is -2.80. The fourth-order valence-corrected chi connectivity index (χ4v) is 2.29. The molecule has 1 rings (SSSR count). The third-order valence-corrected chi connectivity index (χ3v) is 3.70. The summed E-state index contributed by atoms with van der Waals surface area (Å²) in [7, 11) is 0. The molecule has 0 fully saturated rings. The maximum Gasteiger partial charge on any atom is 0.309 e. The number of hydrogen-bond donors (Lipinski definition) is 1. The molecule has 0 aliphatic heterocycles. The fraction of sp³-hybridized carbons (Fsp3) is 0.533. The Labute approximate surface area is 112 Å². The minimum atomic E-state index is -1.01. The number of rotatable bonds is 7. The van der Waals surface area contributed by atoms with E-state index in [0.29, 0.717) is 12.8 Å². The van der Waals surface area contributed by atoms with Crippen LogP contribution in [-0.4, -0.2) is 11.1 Å². The van der Waals surface area contributed by atoms with Gasteiger partial charge in [0.15, 0.2) is 11.6 Å². The Morgan fingerprint density at radius 2 is 2.00 bits per heavy atom. The van der Waals surface area contributed by atoms with Crippen LogP contribution >= 0.6 is 0 Å². The van der Waals surface area contributed by atoms with Gasteiger partial charge in [0.1, 0.15) is 0 Å². The lowest BCUT2D eigenvalue weighted by atomic mass is 9.75. The molecule has 1 N–H and O–H groups in total. The fourth-order valence-electron chi connectivity index (χ4n) is 2.29. The number of aliphatic carboxylic acids is 1. The topological polar surface area (TPSA) is 37.3 Å². The quantitative estimate of drug-likeness (QED) is 0.807. The predicted octanol–water partition coefficient (Wildman–Crippen LogP) is 4.18. The number of carboxylic acid groups (broad SMARTS) is 1. The smallest absolute Gasteiger partial charge is 0.309 e. The number of hydrogen-bond acceptors (Lipinski definition) is 1. The molecular formula is C15H20F2O2. The molecule has 0 aliphatic rings. The summed E-state index contributed by atoms with van der Waals surface area (Å²) in [6.07, 6.45) is 2.55. The molecule has 2 nitrogen and oxygen atoms in total. The summed E-state index contributed by atoms with van der Waals surface area (Å²) in [4.78, 5) is 11.5. The van der Waals surface area contributed by atoms with E-state index in [1.165, 1.54) is 12.1 Å². The van der Waals surface area contributed by atoms with Gasteiger partial charge in [-0.2, -0.15) is 0 Å². The monoisotopic (exact) mass is 270 g/mol. The second-order valence-electron chi connectivity index (χ2n) is 4.93. The molecule has 106 valence electrons. The average molecular weight is 270 g/mol. The maximum absolute atomic E-state index is 13.7. The van der Waals surface area contributed by atoms with E-state index in [4.69, 9.17) is 0 Å². The van der Waals surface area contributed by atoms with E-state index >= 15 is 0 Å². The van der Waals surface area contributed by atoms with Crippen molar-refractivity contribution >= 4 is 5.97 Å². The number of carbonyl (C=O) groups is 1. The SMILES string of the molecule is CCCCC(CC)(Cc1cccc(F)c1F)C(=O)O. The van der Waals surface area contributed by atoms with Crippen molar-refractivity contribution < 1.29 is 18.7 Å². The van der Waals surface area contributed by atoms with Gasteiger partial charge in [-0.15, -0.1) is 0 Å². The Hall–Kier alpha value is -1.45.